The SMILES string of the molecule is CC.CC.COC(=O)c1c(OC)cc(OC)c(Br)c1CBr.COc1cc(OC)c2c(c1Br)CN(Cc1ccccc1)C2=O.NCc1ccccc1.O=CO[O-].[H-].[K+].[K+]. The Hall–Kier alpha value is -0.877. The maximum Gasteiger partial charge on any atom is 1.00 e. The summed E-state index contributed by atoms with van der Waals surface area (Å²) in [5.41, 5.74) is 10.3. The van der Waals surface area contributed by atoms with E-state index in [0.717, 1.165) is 21.2 Å². The molecule has 1 heterocycles. The third-order valence-corrected chi connectivity index (χ3v) is 9.47. The van der Waals surface area contributed by atoms with E-state index in [2.05, 4.69) is 52.7 Å². The van der Waals surface area contributed by atoms with Crippen LogP contribution in [0.5, 0.6) is 23.0 Å². The largest absolute Gasteiger partial charge is 1.00 e. The Labute approximate surface area is 448 Å². The van der Waals surface area contributed by atoms with Crippen molar-refractivity contribution in [1.82, 2.24) is 4.90 Å². The van der Waals surface area contributed by atoms with E-state index in [1.54, 1.807) is 33.5 Å². The van der Waals surface area contributed by atoms with Crippen LogP contribution in [0.2, 0.25) is 0 Å². The number of alkyl halides is 1. The predicted octanol–water partition coefficient (Wildman–Crippen LogP) is 2.52. The van der Waals surface area contributed by atoms with Gasteiger partial charge in [0.05, 0.1) is 50.1 Å². The molecule has 0 aromatic heterocycles. The molecule has 2 N–H and O–H groups in total. The van der Waals surface area contributed by atoms with Gasteiger partial charge in [0.25, 0.3) is 12.4 Å². The van der Waals surface area contributed by atoms with E-state index in [0.29, 0.717) is 63.6 Å². The minimum atomic E-state index is -0.445. The molecule has 57 heavy (non-hydrogen) atoms. The van der Waals surface area contributed by atoms with Crippen LogP contribution in [-0.2, 0) is 39.4 Å². The van der Waals surface area contributed by atoms with Crippen molar-refractivity contribution in [1.29, 1.82) is 0 Å². The number of fused-ring (bicyclic) bond motifs is 1. The second-order valence-electron chi connectivity index (χ2n) is 10.1. The van der Waals surface area contributed by atoms with Gasteiger partial charge in [-0.2, -0.15) is 0 Å². The number of methoxy groups -OCH3 is 5. The van der Waals surface area contributed by atoms with E-state index in [1.807, 2.05) is 93.3 Å². The zero-order valence-electron chi connectivity index (χ0n) is 35.6. The molecular formula is C40H51Br3K2N2O10. The fraction of sp³-hybridized carbons (Fsp3) is 0.325. The number of nitrogens with two attached hydrogens (primary N) is 1. The quantitative estimate of drug-likeness (QED) is 0.0622. The van der Waals surface area contributed by atoms with Crippen LogP contribution in [0.4, 0.5) is 0 Å². The predicted molar refractivity (Wildman–Crippen MR) is 224 cm³/mol. The second kappa shape index (κ2) is 35.8. The Morgan fingerprint density at radius 1 is 0.789 bits per heavy atom. The van der Waals surface area contributed by atoms with E-state index in [4.69, 9.17) is 39.5 Å². The number of nitrogens with zero attached hydrogens (tertiary/aromatic N) is 1. The average molecular weight is 1040 g/mol. The van der Waals surface area contributed by atoms with Gasteiger partial charge in [-0.15, -0.1) is 0 Å². The Balaban J connectivity index is -0.000000360. The summed E-state index contributed by atoms with van der Waals surface area (Å²) in [6.45, 7) is 9.57. The zero-order valence-corrected chi connectivity index (χ0v) is 45.6. The van der Waals surface area contributed by atoms with E-state index in [1.165, 1.54) is 19.8 Å². The van der Waals surface area contributed by atoms with Gasteiger partial charge in [-0.3, -0.25) is 9.59 Å². The average Bonchev–Trinajstić information content (AvgIpc) is 3.58. The van der Waals surface area contributed by atoms with Gasteiger partial charge in [0.1, 0.15) is 28.6 Å². The van der Waals surface area contributed by atoms with Gasteiger partial charge < -0.3 is 45.9 Å². The van der Waals surface area contributed by atoms with Crippen LogP contribution >= 0.6 is 47.8 Å². The van der Waals surface area contributed by atoms with Crippen molar-refractivity contribution in [2.24, 2.45) is 5.73 Å². The third kappa shape index (κ3) is 19.2. The van der Waals surface area contributed by atoms with E-state index in [-0.39, 0.29) is 117 Å². The number of hydrogen-bond donors (Lipinski definition) is 1. The van der Waals surface area contributed by atoms with Crippen molar-refractivity contribution in [2.45, 2.75) is 52.7 Å². The number of rotatable bonds is 10. The summed E-state index contributed by atoms with van der Waals surface area (Å²) in [4.78, 5) is 37.5. The van der Waals surface area contributed by atoms with Crippen LogP contribution in [-0.4, -0.2) is 58.8 Å². The number of carbonyl (C=O) groups is 3. The summed E-state index contributed by atoms with van der Waals surface area (Å²) >= 11 is 10.3. The van der Waals surface area contributed by atoms with Crippen molar-refractivity contribution in [2.75, 3.05) is 35.5 Å². The van der Waals surface area contributed by atoms with Gasteiger partial charge >= 0.3 is 109 Å². The molecule has 0 saturated heterocycles. The molecule has 0 unspecified atom stereocenters. The summed E-state index contributed by atoms with van der Waals surface area (Å²) in [6, 6.07) is 23.3. The monoisotopic (exact) mass is 1030 g/mol. The van der Waals surface area contributed by atoms with Gasteiger partial charge in [-0.25, -0.2) is 4.79 Å². The van der Waals surface area contributed by atoms with Gasteiger partial charge in [-0.1, -0.05) is 104 Å². The number of halogens is 3. The molecule has 1 aliphatic heterocycles. The molecule has 1 amide bonds. The van der Waals surface area contributed by atoms with Crippen molar-refractivity contribution >= 4 is 66.1 Å². The smallest absolute Gasteiger partial charge is 1.00 e. The first-order valence-corrected chi connectivity index (χ1v) is 19.6. The molecule has 0 radical (unpaired) electrons. The zero-order chi connectivity index (χ0) is 41.9. The maximum atomic E-state index is 12.7. The summed E-state index contributed by atoms with van der Waals surface area (Å²) < 4.78 is 27.4. The van der Waals surface area contributed by atoms with Crippen LogP contribution in [0.15, 0.2) is 81.7 Å². The number of ether oxygens (including phenoxy) is 5. The molecule has 4 aromatic rings. The van der Waals surface area contributed by atoms with E-state index >= 15 is 0 Å². The number of benzene rings is 4. The first-order chi connectivity index (χ1) is 26.6. The Kier molecular flexibility index (Phi) is 38.0. The molecule has 0 fully saturated rings. The van der Waals surface area contributed by atoms with Gasteiger partial charge in [-0.05, 0) is 48.6 Å². The molecule has 304 valence electrons. The van der Waals surface area contributed by atoms with Crippen molar-refractivity contribution in [3.8, 4) is 23.0 Å². The van der Waals surface area contributed by atoms with Crippen molar-refractivity contribution < 1.29 is 152 Å². The summed E-state index contributed by atoms with van der Waals surface area (Å²) in [7, 11) is 7.54. The Morgan fingerprint density at radius 3 is 1.61 bits per heavy atom. The fourth-order valence-corrected chi connectivity index (χ4v) is 6.89. The molecule has 0 spiro atoms. The molecule has 0 aliphatic carbocycles. The van der Waals surface area contributed by atoms with Gasteiger partial charge in [0.2, 0.25) is 0 Å². The van der Waals surface area contributed by atoms with Crippen LogP contribution in [0.25, 0.3) is 0 Å². The standard InChI is InChI=1S/C17H16BrNO3.C11H12Br2O4.C7H9N.2C2H6.CH2O3.2K.H/c1-21-13-8-14(22-2)16(18)12-10-19(17(20)15(12)13)9-11-6-4-3-5-7-11;1-15-7-4-8(16-2)10(13)6(5-12)9(7)11(14)17-3;8-6-7-4-2-1-3-5-7;2*1-2;2-1-4-3;;;/h3-8H,9-10H2,1-2H3;4H,5H2,1-3H3;1-5H,6,8H2;2*1-2H3;1,3H;;;/q;;;;;;2*+1;-1/p-1. The van der Waals surface area contributed by atoms with Crippen molar-refractivity contribution in [3.63, 3.8) is 0 Å². The molecule has 0 saturated carbocycles. The minimum Gasteiger partial charge on any atom is -1.00 e. The number of hydrogen-bond acceptors (Lipinski definition) is 11. The second-order valence-corrected chi connectivity index (χ2v) is 12.2. The number of carbonyl (C=O) groups excluding carboxylic acids is 3. The normalized spacial score (nSPS) is 9.93. The fourth-order valence-electron chi connectivity index (χ4n) is 4.74. The van der Waals surface area contributed by atoms with Gasteiger partial charge in [0.15, 0.2) is 0 Å². The van der Waals surface area contributed by atoms with Crippen LogP contribution in [0.3, 0.4) is 0 Å². The molecule has 5 rings (SSSR count). The molecular weight excluding hydrogens is 986 g/mol. The number of amides is 1. The number of esters is 1. The summed E-state index contributed by atoms with van der Waals surface area (Å²) in [6.07, 6.45) is 0. The summed E-state index contributed by atoms with van der Waals surface area (Å²) in [5, 5.41) is 8.91. The van der Waals surface area contributed by atoms with Crippen LogP contribution in [0.1, 0.15) is 72.1 Å². The van der Waals surface area contributed by atoms with E-state index < -0.39 is 5.97 Å². The Bertz CT molecular complexity index is 1750. The molecule has 12 nitrogen and oxygen atoms in total. The molecule has 4 aromatic carbocycles. The molecule has 0 bridgehead atoms. The maximum absolute atomic E-state index is 12.7. The van der Waals surface area contributed by atoms with Crippen LogP contribution in [0, 0.1) is 0 Å². The first kappa shape index (κ1) is 60.4. The van der Waals surface area contributed by atoms with Gasteiger partial charge in [0, 0.05) is 42.7 Å². The molecule has 17 heteroatoms. The third-order valence-electron chi connectivity index (χ3n) is 7.17. The Morgan fingerprint density at radius 2 is 1.23 bits per heavy atom. The topological polar surface area (TPSA) is 159 Å². The summed E-state index contributed by atoms with van der Waals surface area (Å²) in [5.74, 6) is 1.79. The van der Waals surface area contributed by atoms with E-state index in [9.17, 15) is 9.59 Å². The van der Waals surface area contributed by atoms with Crippen molar-refractivity contribution in [3.05, 3.63) is 115 Å². The first-order valence-electron chi connectivity index (χ1n) is 16.9. The molecule has 0 atom stereocenters. The molecule has 1 aliphatic rings. The minimum absolute atomic E-state index is 0. The van der Waals surface area contributed by atoms with Crippen LogP contribution < -0.4 is 133 Å².